The van der Waals surface area contributed by atoms with E-state index in [1.165, 1.54) is 0 Å². The highest BCUT2D eigenvalue weighted by Crippen LogP contribution is 2.23. The summed E-state index contributed by atoms with van der Waals surface area (Å²) in [7, 11) is 3.13. The summed E-state index contributed by atoms with van der Waals surface area (Å²) in [5.41, 5.74) is 0.567. The molecular formula is C16H20N2O3. The number of rotatable bonds is 7. The topological polar surface area (TPSA) is 53.4 Å². The first-order valence-corrected chi connectivity index (χ1v) is 6.94. The van der Waals surface area contributed by atoms with Gasteiger partial charge in [0.05, 0.1) is 20.6 Å². The van der Waals surface area contributed by atoms with Crippen molar-refractivity contribution in [3.05, 3.63) is 42.0 Å². The van der Waals surface area contributed by atoms with Gasteiger partial charge in [-0.25, -0.2) is 4.98 Å². The molecule has 0 N–H and O–H groups in total. The van der Waals surface area contributed by atoms with Crippen LogP contribution in [0.4, 0.5) is 0 Å². The molecule has 0 saturated heterocycles. The number of benzene rings is 1. The van der Waals surface area contributed by atoms with Gasteiger partial charge in [0.15, 0.2) is 5.78 Å². The maximum absolute atomic E-state index is 12.4. The average molecular weight is 288 g/mol. The Morgan fingerprint density at radius 1 is 1.19 bits per heavy atom. The van der Waals surface area contributed by atoms with Crippen molar-refractivity contribution >= 4 is 5.78 Å². The molecule has 2 aromatic rings. The second-order valence-electron chi connectivity index (χ2n) is 4.74. The summed E-state index contributed by atoms with van der Waals surface area (Å²) < 4.78 is 12.4. The van der Waals surface area contributed by atoms with E-state index in [0.717, 1.165) is 18.8 Å². The molecule has 0 amide bonds. The van der Waals surface area contributed by atoms with Crippen molar-refractivity contribution in [1.82, 2.24) is 9.55 Å². The Morgan fingerprint density at radius 2 is 1.86 bits per heavy atom. The molecule has 1 aromatic carbocycles. The number of methoxy groups -OCH3 is 2. The van der Waals surface area contributed by atoms with E-state index in [2.05, 4.69) is 11.9 Å². The van der Waals surface area contributed by atoms with Crippen molar-refractivity contribution in [2.75, 3.05) is 14.2 Å². The van der Waals surface area contributed by atoms with Gasteiger partial charge in [-0.05, 0) is 18.6 Å². The van der Waals surface area contributed by atoms with E-state index < -0.39 is 0 Å². The van der Waals surface area contributed by atoms with Gasteiger partial charge in [-0.15, -0.1) is 0 Å². The molecule has 1 heterocycles. The maximum Gasteiger partial charge on any atom is 0.170 e. The Kier molecular flexibility index (Phi) is 4.98. The lowest BCUT2D eigenvalue weighted by Gasteiger charge is -2.09. The molecular weight excluding hydrogens is 268 g/mol. The number of ketones is 1. The van der Waals surface area contributed by atoms with E-state index in [1.807, 2.05) is 10.8 Å². The Hall–Kier alpha value is -2.30. The number of carbonyl (C=O) groups excluding carboxylic acids is 1. The van der Waals surface area contributed by atoms with Gasteiger partial charge in [-0.2, -0.15) is 0 Å². The SMILES string of the molecule is CCCn1ccnc1CC(=O)c1cc(OC)cc(OC)c1. The summed E-state index contributed by atoms with van der Waals surface area (Å²) in [4.78, 5) is 16.7. The lowest BCUT2D eigenvalue weighted by molar-refractivity contribution is 0.0989. The quantitative estimate of drug-likeness (QED) is 0.735. The molecule has 0 aliphatic rings. The number of Topliss-reactive ketones (excluding diaryl/α,β-unsaturated/α-hetero) is 1. The summed E-state index contributed by atoms with van der Waals surface area (Å²) >= 11 is 0. The lowest BCUT2D eigenvalue weighted by Crippen LogP contribution is -2.10. The van der Waals surface area contributed by atoms with E-state index in [9.17, 15) is 4.79 Å². The summed E-state index contributed by atoms with van der Waals surface area (Å²) in [6.45, 7) is 2.96. The van der Waals surface area contributed by atoms with Gasteiger partial charge in [0, 0.05) is 30.6 Å². The molecule has 0 aliphatic heterocycles. The fourth-order valence-electron chi connectivity index (χ4n) is 2.17. The zero-order chi connectivity index (χ0) is 15.2. The first kappa shape index (κ1) is 15.1. The third-order valence-corrected chi connectivity index (χ3v) is 3.26. The van der Waals surface area contributed by atoms with Crippen LogP contribution in [0.2, 0.25) is 0 Å². The van der Waals surface area contributed by atoms with Gasteiger partial charge < -0.3 is 14.0 Å². The highest BCUT2D eigenvalue weighted by Gasteiger charge is 2.13. The highest BCUT2D eigenvalue weighted by molar-refractivity contribution is 5.97. The maximum atomic E-state index is 12.4. The van der Waals surface area contributed by atoms with Crippen LogP contribution in [0.5, 0.6) is 11.5 Å². The van der Waals surface area contributed by atoms with Crippen LogP contribution in [0.1, 0.15) is 29.5 Å². The van der Waals surface area contributed by atoms with E-state index in [1.54, 1.807) is 38.6 Å². The summed E-state index contributed by atoms with van der Waals surface area (Å²) in [6.07, 6.45) is 4.90. The molecule has 112 valence electrons. The van der Waals surface area contributed by atoms with Crippen LogP contribution in [0.15, 0.2) is 30.6 Å². The van der Waals surface area contributed by atoms with Crippen molar-refractivity contribution in [2.45, 2.75) is 26.3 Å². The molecule has 1 aromatic heterocycles. The fraction of sp³-hybridized carbons (Fsp3) is 0.375. The first-order valence-electron chi connectivity index (χ1n) is 6.94. The van der Waals surface area contributed by atoms with Gasteiger partial charge in [0.2, 0.25) is 0 Å². The number of hydrogen-bond donors (Lipinski definition) is 0. The molecule has 21 heavy (non-hydrogen) atoms. The third-order valence-electron chi connectivity index (χ3n) is 3.26. The van der Waals surface area contributed by atoms with Crippen LogP contribution < -0.4 is 9.47 Å². The first-order chi connectivity index (χ1) is 10.2. The monoisotopic (exact) mass is 288 g/mol. The predicted molar refractivity (Wildman–Crippen MR) is 80.1 cm³/mol. The van der Waals surface area contributed by atoms with E-state index in [-0.39, 0.29) is 12.2 Å². The molecule has 0 atom stereocenters. The number of hydrogen-bond acceptors (Lipinski definition) is 4. The second-order valence-corrected chi connectivity index (χ2v) is 4.74. The largest absolute Gasteiger partial charge is 0.497 e. The predicted octanol–water partition coefficient (Wildman–Crippen LogP) is 2.74. The number of ether oxygens (including phenoxy) is 2. The minimum atomic E-state index is -0.00393. The Labute approximate surface area is 124 Å². The number of aryl methyl sites for hydroxylation is 1. The van der Waals surface area contributed by atoms with E-state index in [0.29, 0.717) is 17.1 Å². The van der Waals surface area contributed by atoms with Crippen molar-refractivity contribution in [1.29, 1.82) is 0 Å². The smallest absolute Gasteiger partial charge is 0.170 e. The van der Waals surface area contributed by atoms with Gasteiger partial charge in [0.25, 0.3) is 0 Å². The normalized spacial score (nSPS) is 10.4. The Morgan fingerprint density at radius 3 is 2.43 bits per heavy atom. The number of carbonyl (C=O) groups is 1. The molecule has 0 aliphatic carbocycles. The summed E-state index contributed by atoms with van der Waals surface area (Å²) in [5.74, 6) is 1.99. The van der Waals surface area contributed by atoms with Gasteiger partial charge in [0.1, 0.15) is 17.3 Å². The molecule has 0 fully saturated rings. The highest BCUT2D eigenvalue weighted by atomic mass is 16.5. The molecule has 0 unspecified atom stereocenters. The van der Waals surface area contributed by atoms with Crippen LogP contribution in [0.3, 0.4) is 0 Å². The standard InChI is InChI=1S/C16H20N2O3/c1-4-6-18-7-5-17-16(18)11-15(19)12-8-13(20-2)10-14(9-12)21-3/h5,7-10H,4,6,11H2,1-3H3. The molecule has 5 heteroatoms. The summed E-state index contributed by atoms with van der Waals surface area (Å²) in [6, 6.07) is 5.19. The van der Waals surface area contributed by atoms with Gasteiger partial charge >= 0.3 is 0 Å². The van der Waals surface area contributed by atoms with Crippen LogP contribution in [-0.4, -0.2) is 29.6 Å². The number of aromatic nitrogens is 2. The van der Waals surface area contributed by atoms with Gasteiger partial charge in [-0.1, -0.05) is 6.92 Å². The minimum Gasteiger partial charge on any atom is -0.497 e. The van der Waals surface area contributed by atoms with Crippen molar-refractivity contribution in [3.8, 4) is 11.5 Å². The van der Waals surface area contributed by atoms with Crippen LogP contribution in [0.25, 0.3) is 0 Å². The van der Waals surface area contributed by atoms with Crippen LogP contribution >= 0.6 is 0 Å². The van der Waals surface area contributed by atoms with Gasteiger partial charge in [-0.3, -0.25) is 4.79 Å². The average Bonchev–Trinajstić information content (AvgIpc) is 2.94. The summed E-state index contributed by atoms with van der Waals surface area (Å²) in [5, 5.41) is 0. The number of nitrogens with zero attached hydrogens (tertiary/aromatic N) is 2. The zero-order valence-electron chi connectivity index (χ0n) is 12.6. The van der Waals surface area contributed by atoms with E-state index in [4.69, 9.17) is 9.47 Å². The molecule has 5 nitrogen and oxygen atoms in total. The molecule has 2 rings (SSSR count). The number of imidazole rings is 1. The van der Waals surface area contributed by atoms with E-state index >= 15 is 0 Å². The fourth-order valence-corrected chi connectivity index (χ4v) is 2.17. The molecule has 0 radical (unpaired) electrons. The second kappa shape index (κ2) is 6.92. The third kappa shape index (κ3) is 3.62. The van der Waals surface area contributed by atoms with Crippen LogP contribution in [0, 0.1) is 0 Å². The molecule has 0 bridgehead atoms. The van der Waals surface area contributed by atoms with Crippen molar-refractivity contribution in [2.24, 2.45) is 0 Å². The zero-order valence-corrected chi connectivity index (χ0v) is 12.6. The van der Waals surface area contributed by atoms with Crippen LogP contribution in [-0.2, 0) is 13.0 Å². The van der Waals surface area contributed by atoms with Crippen molar-refractivity contribution < 1.29 is 14.3 Å². The Bertz CT molecular complexity index is 597. The van der Waals surface area contributed by atoms with Crippen molar-refractivity contribution in [3.63, 3.8) is 0 Å². The molecule has 0 saturated carbocycles. The lowest BCUT2D eigenvalue weighted by atomic mass is 10.1. The Balaban J connectivity index is 2.21. The minimum absolute atomic E-state index is 0.00393. The molecule has 0 spiro atoms.